The maximum absolute atomic E-state index is 12.0. The van der Waals surface area contributed by atoms with Crippen LogP contribution in [0.3, 0.4) is 0 Å². The average molecular weight is 533 g/mol. The van der Waals surface area contributed by atoms with Crippen molar-refractivity contribution < 1.29 is 14.3 Å². The summed E-state index contributed by atoms with van der Waals surface area (Å²) in [5.74, 6) is 1.46. The summed E-state index contributed by atoms with van der Waals surface area (Å²) >= 11 is 0. The Bertz CT molecular complexity index is 689. The van der Waals surface area contributed by atoms with E-state index in [-0.39, 0.29) is 42.2 Å². The van der Waals surface area contributed by atoms with Crippen molar-refractivity contribution in [2.24, 2.45) is 4.99 Å². The van der Waals surface area contributed by atoms with E-state index in [0.717, 1.165) is 31.0 Å². The number of rotatable bonds is 6. The minimum atomic E-state index is -0.497. The lowest BCUT2D eigenvalue weighted by Crippen LogP contribution is -2.44. The maximum Gasteiger partial charge on any atom is 0.407 e. The Labute approximate surface area is 197 Å². The lowest BCUT2D eigenvalue weighted by atomic mass is 10.2. The molecule has 0 radical (unpaired) electrons. The van der Waals surface area contributed by atoms with Gasteiger partial charge in [-0.25, -0.2) is 14.8 Å². The molecule has 1 amide bonds. The number of guanidine groups is 1. The number of likely N-dealkylation sites (tertiary alicyclic amines) is 1. The summed E-state index contributed by atoms with van der Waals surface area (Å²) in [6.45, 7) is 14.4. The van der Waals surface area contributed by atoms with E-state index < -0.39 is 5.60 Å². The largest absolute Gasteiger partial charge is 0.475 e. The fourth-order valence-corrected chi connectivity index (χ4v) is 2.95. The van der Waals surface area contributed by atoms with Crippen LogP contribution in [-0.4, -0.2) is 59.3 Å². The number of carbonyl (C=O) groups is 1. The Morgan fingerprint density at radius 1 is 1.37 bits per heavy atom. The fourth-order valence-electron chi connectivity index (χ4n) is 2.95. The summed E-state index contributed by atoms with van der Waals surface area (Å²) in [6.07, 6.45) is 2.37. The predicted molar refractivity (Wildman–Crippen MR) is 130 cm³/mol. The molecular formula is C21H36IN5O3. The molecular weight excluding hydrogens is 497 g/mol. The molecule has 1 aromatic heterocycles. The van der Waals surface area contributed by atoms with Gasteiger partial charge < -0.3 is 25.0 Å². The van der Waals surface area contributed by atoms with Gasteiger partial charge in [0, 0.05) is 31.9 Å². The van der Waals surface area contributed by atoms with Gasteiger partial charge in [-0.2, -0.15) is 0 Å². The zero-order valence-corrected chi connectivity index (χ0v) is 21.2. The van der Waals surface area contributed by atoms with E-state index in [9.17, 15) is 4.79 Å². The Morgan fingerprint density at radius 2 is 2.10 bits per heavy atom. The predicted octanol–water partition coefficient (Wildman–Crippen LogP) is 3.55. The van der Waals surface area contributed by atoms with Gasteiger partial charge >= 0.3 is 6.09 Å². The number of aromatic nitrogens is 1. The average Bonchev–Trinajstić information content (AvgIpc) is 3.06. The second-order valence-electron chi connectivity index (χ2n) is 8.42. The lowest BCUT2D eigenvalue weighted by Gasteiger charge is -2.23. The number of nitrogens with one attached hydrogen (secondary N) is 2. The van der Waals surface area contributed by atoms with E-state index in [1.165, 1.54) is 0 Å². The number of alkyl carbamates (subject to hydrolysis) is 1. The van der Waals surface area contributed by atoms with Gasteiger partial charge in [-0.1, -0.05) is 6.07 Å². The van der Waals surface area contributed by atoms with Crippen molar-refractivity contribution in [3.8, 4) is 5.88 Å². The normalized spacial score (nSPS) is 16.8. The molecule has 1 fully saturated rings. The summed E-state index contributed by atoms with van der Waals surface area (Å²) < 4.78 is 10.9. The molecule has 0 saturated carbocycles. The van der Waals surface area contributed by atoms with Crippen LogP contribution < -0.4 is 15.4 Å². The zero-order chi connectivity index (χ0) is 21.4. The third-order valence-corrected chi connectivity index (χ3v) is 4.11. The number of amides is 1. The molecule has 2 N–H and O–H groups in total. The highest BCUT2D eigenvalue weighted by Crippen LogP contribution is 2.14. The number of nitrogens with zero attached hydrogens (tertiary/aromatic N) is 3. The van der Waals surface area contributed by atoms with E-state index >= 15 is 0 Å². The van der Waals surface area contributed by atoms with E-state index in [1.54, 1.807) is 6.20 Å². The van der Waals surface area contributed by atoms with Gasteiger partial charge in [-0.05, 0) is 53.5 Å². The molecule has 1 atom stereocenters. The highest BCUT2D eigenvalue weighted by Gasteiger charge is 2.27. The van der Waals surface area contributed by atoms with Crippen molar-refractivity contribution in [2.75, 3.05) is 19.6 Å². The molecule has 170 valence electrons. The van der Waals surface area contributed by atoms with E-state index in [4.69, 9.17) is 14.5 Å². The number of aliphatic imine (C=N–C) groups is 1. The molecule has 1 saturated heterocycles. The topological polar surface area (TPSA) is 88.1 Å². The van der Waals surface area contributed by atoms with Crippen molar-refractivity contribution in [3.63, 3.8) is 0 Å². The molecule has 0 aromatic carbocycles. The second-order valence-corrected chi connectivity index (χ2v) is 8.42. The lowest BCUT2D eigenvalue weighted by molar-refractivity contribution is 0.0507. The first kappa shape index (κ1) is 26.3. The minimum absolute atomic E-state index is 0. The monoisotopic (exact) mass is 533 g/mol. The molecule has 1 aliphatic heterocycles. The van der Waals surface area contributed by atoms with Gasteiger partial charge in [0.05, 0.1) is 18.7 Å². The van der Waals surface area contributed by atoms with Crippen LogP contribution in [0.2, 0.25) is 0 Å². The van der Waals surface area contributed by atoms with Gasteiger partial charge in [0.2, 0.25) is 5.88 Å². The van der Waals surface area contributed by atoms with E-state index in [0.29, 0.717) is 19.0 Å². The third-order valence-electron chi connectivity index (χ3n) is 4.11. The minimum Gasteiger partial charge on any atom is -0.475 e. The van der Waals surface area contributed by atoms with Crippen LogP contribution in [0.1, 0.15) is 53.5 Å². The number of pyridine rings is 1. The molecule has 8 nitrogen and oxygen atoms in total. The molecule has 0 bridgehead atoms. The Morgan fingerprint density at radius 3 is 2.67 bits per heavy atom. The molecule has 0 aliphatic carbocycles. The second kappa shape index (κ2) is 12.2. The first-order valence-electron chi connectivity index (χ1n) is 10.3. The first-order chi connectivity index (χ1) is 13.7. The molecule has 2 rings (SSSR count). The molecule has 0 spiro atoms. The van der Waals surface area contributed by atoms with Gasteiger partial charge in [0.25, 0.3) is 0 Å². The fraction of sp³-hybridized carbons (Fsp3) is 0.667. The summed E-state index contributed by atoms with van der Waals surface area (Å²) in [5.41, 5.74) is 0.516. The van der Waals surface area contributed by atoms with Gasteiger partial charge in [0.1, 0.15) is 5.60 Å². The molecule has 1 unspecified atom stereocenters. The smallest absolute Gasteiger partial charge is 0.407 e. The summed E-state index contributed by atoms with van der Waals surface area (Å²) in [7, 11) is 0. The maximum atomic E-state index is 12.0. The number of halogens is 1. The van der Waals surface area contributed by atoms with Crippen molar-refractivity contribution in [2.45, 2.75) is 72.3 Å². The summed E-state index contributed by atoms with van der Waals surface area (Å²) in [4.78, 5) is 23.2. The number of ether oxygens (including phenoxy) is 2. The quantitative estimate of drug-likeness (QED) is 0.331. The van der Waals surface area contributed by atoms with E-state index in [1.807, 2.05) is 53.7 Å². The van der Waals surface area contributed by atoms with Crippen LogP contribution in [0.4, 0.5) is 4.79 Å². The van der Waals surface area contributed by atoms with Gasteiger partial charge in [-0.15, -0.1) is 24.0 Å². The van der Waals surface area contributed by atoms with Crippen molar-refractivity contribution in [1.29, 1.82) is 0 Å². The van der Waals surface area contributed by atoms with Crippen molar-refractivity contribution in [1.82, 2.24) is 20.5 Å². The van der Waals surface area contributed by atoms with Crippen LogP contribution in [0, 0.1) is 0 Å². The Hall–Kier alpha value is -1.78. The van der Waals surface area contributed by atoms with Crippen LogP contribution in [0.15, 0.2) is 23.3 Å². The van der Waals surface area contributed by atoms with Gasteiger partial charge in [0.15, 0.2) is 5.96 Å². The van der Waals surface area contributed by atoms with Crippen molar-refractivity contribution in [3.05, 3.63) is 23.9 Å². The first-order valence-corrected chi connectivity index (χ1v) is 10.3. The molecule has 2 heterocycles. The van der Waals surface area contributed by atoms with Crippen LogP contribution >= 0.6 is 24.0 Å². The van der Waals surface area contributed by atoms with E-state index in [2.05, 4.69) is 20.5 Å². The van der Waals surface area contributed by atoms with Crippen LogP contribution in [0.25, 0.3) is 0 Å². The van der Waals surface area contributed by atoms with Gasteiger partial charge in [-0.3, -0.25) is 0 Å². The number of hydrogen-bond donors (Lipinski definition) is 2. The summed E-state index contributed by atoms with van der Waals surface area (Å²) in [5, 5.41) is 6.28. The standard InChI is InChI=1S/C21H35N5O3.HI/c1-7-22-19(24-13-16-8-9-18(23-12-16)28-15(2)3)26-11-10-17(14-26)25-20(27)29-21(4,5)6;/h8-9,12,15,17H,7,10-11,13-14H2,1-6H3,(H,22,24)(H,25,27);1H. The van der Waals surface area contributed by atoms with Crippen LogP contribution in [0.5, 0.6) is 5.88 Å². The molecule has 9 heteroatoms. The SMILES string of the molecule is CCNC(=NCc1ccc(OC(C)C)nc1)N1CCC(NC(=O)OC(C)(C)C)C1.I. The zero-order valence-electron chi connectivity index (χ0n) is 18.9. The van der Waals surface area contributed by atoms with Crippen LogP contribution in [-0.2, 0) is 11.3 Å². The number of carbonyl (C=O) groups excluding carboxylic acids is 1. The van der Waals surface area contributed by atoms with Crippen molar-refractivity contribution >= 4 is 36.0 Å². The Kier molecular flexibility index (Phi) is 10.6. The number of hydrogen-bond acceptors (Lipinski definition) is 5. The Balaban J connectivity index is 0.00000450. The third kappa shape index (κ3) is 9.36. The molecule has 1 aromatic rings. The molecule has 1 aliphatic rings. The highest BCUT2D eigenvalue weighted by molar-refractivity contribution is 14.0. The molecule has 30 heavy (non-hydrogen) atoms. The highest BCUT2D eigenvalue weighted by atomic mass is 127. The summed E-state index contributed by atoms with van der Waals surface area (Å²) in [6, 6.07) is 3.89.